The lowest BCUT2D eigenvalue weighted by atomic mass is 10.1. The number of rotatable bonds is 7. The third-order valence-electron chi connectivity index (χ3n) is 4.73. The Kier molecular flexibility index (Phi) is 6.03. The summed E-state index contributed by atoms with van der Waals surface area (Å²) in [5.41, 5.74) is 2.90. The Morgan fingerprint density at radius 2 is 1.93 bits per heavy atom. The van der Waals surface area contributed by atoms with Crippen LogP contribution < -0.4 is 15.0 Å². The number of carbonyl (C=O) groups is 2. The van der Waals surface area contributed by atoms with Crippen molar-refractivity contribution < 1.29 is 19.1 Å². The molecule has 0 spiro atoms. The van der Waals surface area contributed by atoms with Crippen LogP contribution in [0.2, 0.25) is 0 Å². The molecule has 0 radical (unpaired) electrons. The van der Waals surface area contributed by atoms with Crippen molar-refractivity contribution >= 4 is 17.7 Å². The van der Waals surface area contributed by atoms with Gasteiger partial charge < -0.3 is 19.7 Å². The third kappa shape index (κ3) is 4.36. The molecule has 1 fully saturated rings. The summed E-state index contributed by atoms with van der Waals surface area (Å²) >= 11 is 0. The van der Waals surface area contributed by atoms with Gasteiger partial charge in [0.05, 0.1) is 13.7 Å². The summed E-state index contributed by atoms with van der Waals surface area (Å²) < 4.78 is 10.5. The highest BCUT2D eigenvalue weighted by Crippen LogP contribution is 2.23. The molecule has 7 heteroatoms. The van der Waals surface area contributed by atoms with Gasteiger partial charge in [0, 0.05) is 31.9 Å². The van der Waals surface area contributed by atoms with E-state index in [-0.39, 0.29) is 19.1 Å². The Morgan fingerprint density at radius 1 is 1.21 bits per heavy atom. The lowest BCUT2D eigenvalue weighted by molar-refractivity contribution is -0.125. The summed E-state index contributed by atoms with van der Waals surface area (Å²) in [6.07, 6.45) is -0.499. The number of carbonyl (C=O) groups excluding carboxylic acids is 2. The first kappa shape index (κ1) is 19.5. The van der Waals surface area contributed by atoms with Crippen LogP contribution in [0.1, 0.15) is 11.1 Å². The van der Waals surface area contributed by atoms with E-state index in [0.29, 0.717) is 12.3 Å². The van der Waals surface area contributed by atoms with Gasteiger partial charge in [-0.05, 0) is 23.8 Å². The average molecular weight is 383 g/mol. The van der Waals surface area contributed by atoms with Crippen LogP contribution in [0, 0.1) is 0 Å². The molecule has 2 aromatic carbocycles. The fourth-order valence-corrected chi connectivity index (χ4v) is 3.08. The monoisotopic (exact) mass is 383 g/mol. The van der Waals surface area contributed by atoms with Crippen LogP contribution in [0.25, 0.3) is 0 Å². The maximum absolute atomic E-state index is 12.7. The van der Waals surface area contributed by atoms with E-state index < -0.39 is 12.1 Å². The van der Waals surface area contributed by atoms with E-state index in [4.69, 9.17) is 9.47 Å². The molecule has 1 saturated heterocycles. The van der Waals surface area contributed by atoms with Crippen molar-refractivity contribution in [2.24, 2.45) is 0 Å². The molecular weight excluding hydrogens is 358 g/mol. The van der Waals surface area contributed by atoms with Gasteiger partial charge in [-0.15, -0.1) is 0 Å². The standard InChI is InChI=1S/C21H25N3O4/c1-23(2)17-10-8-15(9-11-17)12-22-20(25)18-14-28-21(26)24(18)13-16-6-4-5-7-19(16)27-3/h4-11,18H,12-14H2,1-3H3,(H,22,25)/t18-/m0/s1. The van der Waals surface area contributed by atoms with Gasteiger partial charge in [0.15, 0.2) is 0 Å². The quantitative estimate of drug-likeness (QED) is 0.795. The smallest absolute Gasteiger partial charge is 0.410 e. The minimum atomic E-state index is -0.668. The highest BCUT2D eigenvalue weighted by atomic mass is 16.6. The molecule has 1 aliphatic rings. The SMILES string of the molecule is COc1ccccc1CN1C(=O)OC[C@H]1C(=O)NCc1ccc(N(C)C)cc1. The molecule has 1 aliphatic heterocycles. The number of hydrogen-bond donors (Lipinski definition) is 1. The zero-order valence-corrected chi connectivity index (χ0v) is 16.3. The molecule has 2 aromatic rings. The molecule has 0 bridgehead atoms. The first-order valence-electron chi connectivity index (χ1n) is 9.09. The summed E-state index contributed by atoms with van der Waals surface area (Å²) in [7, 11) is 5.53. The van der Waals surface area contributed by atoms with Crippen LogP contribution in [0.15, 0.2) is 48.5 Å². The van der Waals surface area contributed by atoms with Gasteiger partial charge in [-0.1, -0.05) is 30.3 Å². The highest BCUT2D eigenvalue weighted by molar-refractivity contribution is 5.88. The van der Waals surface area contributed by atoms with Crippen molar-refractivity contribution in [1.29, 1.82) is 0 Å². The van der Waals surface area contributed by atoms with Crippen LogP contribution in [0.3, 0.4) is 0 Å². The number of amides is 2. The normalized spacial score (nSPS) is 15.9. The zero-order chi connectivity index (χ0) is 20.1. The molecule has 2 amide bonds. The van der Waals surface area contributed by atoms with E-state index >= 15 is 0 Å². The number of cyclic esters (lactones) is 1. The molecule has 0 unspecified atom stereocenters. The lowest BCUT2D eigenvalue weighted by Gasteiger charge is -2.22. The van der Waals surface area contributed by atoms with E-state index in [1.165, 1.54) is 4.90 Å². The second-order valence-corrected chi connectivity index (χ2v) is 6.81. The van der Waals surface area contributed by atoms with Gasteiger partial charge in [0.2, 0.25) is 5.91 Å². The molecule has 0 aliphatic carbocycles. The van der Waals surface area contributed by atoms with E-state index in [1.54, 1.807) is 7.11 Å². The maximum Gasteiger partial charge on any atom is 0.410 e. The van der Waals surface area contributed by atoms with Gasteiger partial charge >= 0.3 is 6.09 Å². The van der Waals surface area contributed by atoms with Gasteiger partial charge in [-0.3, -0.25) is 9.69 Å². The molecule has 0 aromatic heterocycles. The number of benzene rings is 2. The van der Waals surface area contributed by atoms with E-state index in [9.17, 15) is 9.59 Å². The molecule has 28 heavy (non-hydrogen) atoms. The molecule has 3 rings (SSSR count). The van der Waals surface area contributed by atoms with E-state index in [0.717, 1.165) is 16.8 Å². The number of ether oxygens (including phenoxy) is 2. The maximum atomic E-state index is 12.7. The van der Waals surface area contributed by atoms with Gasteiger partial charge in [0.1, 0.15) is 18.4 Å². The van der Waals surface area contributed by atoms with Crippen LogP contribution in [-0.4, -0.2) is 50.8 Å². The van der Waals surface area contributed by atoms with Crippen LogP contribution >= 0.6 is 0 Å². The first-order chi connectivity index (χ1) is 13.5. The van der Waals surface area contributed by atoms with Gasteiger partial charge in [0.25, 0.3) is 0 Å². The molecule has 1 heterocycles. The summed E-state index contributed by atoms with van der Waals surface area (Å²) in [5.74, 6) is 0.430. The summed E-state index contributed by atoms with van der Waals surface area (Å²) in [5, 5.41) is 2.90. The van der Waals surface area contributed by atoms with E-state index in [1.807, 2.05) is 67.5 Å². The van der Waals surface area contributed by atoms with Crippen LogP contribution in [-0.2, 0) is 22.6 Å². The Bertz CT molecular complexity index is 836. The van der Waals surface area contributed by atoms with Gasteiger partial charge in [-0.2, -0.15) is 0 Å². The average Bonchev–Trinajstić information content (AvgIpc) is 3.07. The van der Waals surface area contributed by atoms with Crippen molar-refractivity contribution in [3.05, 3.63) is 59.7 Å². The summed E-state index contributed by atoms with van der Waals surface area (Å²) in [6, 6.07) is 14.7. The lowest BCUT2D eigenvalue weighted by Crippen LogP contribution is -2.45. The Morgan fingerprint density at radius 3 is 2.61 bits per heavy atom. The minimum Gasteiger partial charge on any atom is -0.496 e. The van der Waals surface area contributed by atoms with Crippen LogP contribution in [0.4, 0.5) is 10.5 Å². The first-order valence-corrected chi connectivity index (χ1v) is 9.09. The van der Waals surface area contributed by atoms with Crippen molar-refractivity contribution in [2.45, 2.75) is 19.1 Å². The Hall–Kier alpha value is -3.22. The summed E-state index contributed by atoms with van der Waals surface area (Å²) in [4.78, 5) is 28.3. The number of methoxy groups -OCH3 is 1. The minimum absolute atomic E-state index is 0.0411. The van der Waals surface area contributed by atoms with Crippen molar-refractivity contribution in [3.8, 4) is 5.75 Å². The fourth-order valence-electron chi connectivity index (χ4n) is 3.08. The molecule has 148 valence electrons. The number of para-hydroxylation sites is 1. The number of nitrogens with zero attached hydrogens (tertiary/aromatic N) is 2. The largest absolute Gasteiger partial charge is 0.496 e. The molecular formula is C21H25N3O4. The van der Waals surface area contributed by atoms with Crippen molar-refractivity contribution in [3.63, 3.8) is 0 Å². The third-order valence-corrected chi connectivity index (χ3v) is 4.73. The molecule has 1 atom stereocenters. The Balaban J connectivity index is 1.64. The molecule has 0 saturated carbocycles. The number of hydrogen-bond acceptors (Lipinski definition) is 5. The summed E-state index contributed by atoms with van der Waals surface area (Å²) in [6.45, 7) is 0.678. The fraction of sp³-hybridized carbons (Fsp3) is 0.333. The van der Waals surface area contributed by atoms with Crippen LogP contribution in [0.5, 0.6) is 5.75 Å². The Labute approximate surface area is 164 Å². The zero-order valence-electron chi connectivity index (χ0n) is 16.3. The van der Waals surface area contributed by atoms with Crippen molar-refractivity contribution in [2.75, 3.05) is 32.7 Å². The van der Waals surface area contributed by atoms with Gasteiger partial charge in [-0.25, -0.2) is 4.79 Å². The predicted molar refractivity (Wildman–Crippen MR) is 106 cm³/mol. The number of anilines is 1. The molecule has 1 N–H and O–H groups in total. The number of nitrogens with one attached hydrogen (secondary N) is 1. The second-order valence-electron chi connectivity index (χ2n) is 6.81. The predicted octanol–water partition coefficient (Wildman–Crippen LogP) is 2.40. The topological polar surface area (TPSA) is 71.1 Å². The van der Waals surface area contributed by atoms with E-state index in [2.05, 4.69) is 5.32 Å². The molecule has 7 nitrogen and oxygen atoms in total. The highest BCUT2D eigenvalue weighted by Gasteiger charge is 2.38. The second kappa shape index (κ2) is 8.65. The van der Waals surface area contributed by atoms with Crippen molar-refractivity contribution in [1.82, 2.24) is 10.2 Å².